The van der Waals surface area contributed by atoms with Crippen LogP contribution in [0.1, 0.15) is 33.3 Å². The zero-order valence-electron chi connectivity index (χ0n) is 15.2. The van der Waals surface area contributed by atoms with Crippen LogP contribution in [0.2, 0.25) is 0 Å². The number of nitrogens with zero attached hydrogens (tertiary/aromatic N) is 1. The van der Waals surface area contributed by atoms with Gasteiger partial charge in [-0.1, -0.05) is 30.3 Å². The van der Waals surface area contributed by atoms with Crippen molar-refractivity contribution in [2.45, 2.75) is 13.0 Å². The molecule has 2 aromatic carbocycles. The number of rotatable bonds is 5. The highest BCUT2D eigenvalue weighted by molar-refractivity contribution is 7.86. The third-order valence-electron chi connectivity index (χ3n) is 4.06. The molecular formula is C20H19NO5S. The Morgan fingerprint density at radius 1 is 1.07 bits per heavy atom. The number of hydrogen-bond acceptors (Lipinski definition) is 6. The van der Waals surface area contributed by atoms with Crippen LogP contribution >= 0.6 is 0 Å². The molecule has 1 unspecified atom stereocenters. The van der Waals surface area contributed by atoms with Crippen molar-refractivity contribution in [1.82, 2.24) is 4.98 Å². The van der Waals surface area contributed by atoms with Gasteiger partial charge in [0.15, 0.2) is 0 Å². The van der Waals surface area contributed by atoms with Crippen molar-refractivity contribution >= 4 is 27.0 Å². The fourth-order valence-corrected chi connectivity index (χ4v) is 3.50. The Kier molecular flexibility index (Phi) is 5.25. The quantitative estimate of drug-likeness (QED) is 0.494. The smallest absolute Gasteiger partial charge is 0.337 e. The van der Waals surface area contributed by atoms with E-state index in [9.17, 15) is 13.2 Å². The van der Waals surface area contributed by atoms with Gasteiger partial charge in [0.1, 0.15) is 6.10 Å². The van der Waals surface area contributed by atoms with E-state index in [1.165, 1.54) is 7.11 Å². The summed E-state index contributed by atoms with van der Waals surface area (Å²) in [5, 5.41) is 0.800. The highest BCUT2D eigenvalue weighted by atomic mass is 32.2. The highest BCUT2D eigenvalue weighted by Crippen LogP contribution is 2.33. The van der Waals surface area contributed by atoms with E-state index < -0.39 is 22.2 Å². The van der Waals surface area contributed by atoms with Gasteiger partial charge in [-0.05, 0) is 42.3 Å². The van der Waals surface area contributed by atoms with Gasteiger partial charge >= 0.3 is 5.97 Å². The molecule has 140 valence electrons. The third kappa shape index (κ3) is 4.32. The fraction of sp³-hybridized carbons (Fsp3) is 0.200. The molecule has 0 aliphatic heterocycles. The minimum absolute atomic E-state index is 0.370. The number of hydrogen-bond donors (Lipinski definition) is 0. The van der Waals surface area contributed by atoms with Crippen LogP contribution in [0.25, 0.3) is 10.9 Å². The van der Waals surface area contributed by atoms with E-state index in [2.05, 4.69) is 4.98 Å². The Bertz CT molecular complexity index is 1090. The van der Waals surface area contributed by atoms with E-state index in [0.29, 0.717) is 16.7 Å². The predicted molar refractivity (Wildman–Crippen MR) is 102 cm³/mol. The molecule has 0 spiro atoms. The molecule has 0 bridgehead atoms. The summed E-state index contributed by atoms with van der Waals surface area (Å²) in [6, 6.07) is 15.8. The molecule has 1 atom stereocenters. The number of para-hydroxylation sites is 1. The van der Waals surface area contributed by atoms with E-state index in [4.69, 9.17) is 8.92 Å². The van der Waals surface area contributed by atoms with Crippen molar-refractivity contribution in [2.24, 2.45) is 0 Å². The lowest BCUT2D eigenvalue weighted by molar-refractivity contribution is 0.0600. The number of fused-ring (bicyclic) bond motifs is 1. The first kappa shape index (κ1) is 19.0. The van der Waals surface area contributed by atoms with E-state index in [0.717, 1.165) is 22.9 Å². The molecule has 0 aliphatic carbocycles. The summed E-state index contributed by atoms with van der Waals surface area (Å²) in [6.45, 7) is 1.84. The topological polar surface area (TPSA) is 82.6 Å². The van der Waals surface area contributed by atoms with E-state index >= 15 is 0 Å². The number of methoxy groups -OCH3 is 1. The van der Waals surface area contributed by atoms with Crippen molar-refractivity contribution in [3.8, 4) is 0 Å². The van der Waals surface area contributed by atoms with Crippen molar-refractivity contribution < 1.29 is 22.1 Å². The second-order valence-electron chi connectivity index (χ2n) is 6.16. The lowest BCUT2D eigenvalue weighted by atomic mass is 9.96. The second-order valence-corrected chi connectivity index (χ2v) is 7.76. The summed E-state index contributed by atoms with van der Waals surface area (Å²) >= 11 is 0. The van der Waals surface area contributed by atoms with Gasteiger partial charge in [0.2, 0.25) is 0 Å². The molecule has 0 amide bonds. The van der Waals surface area contributed by atoms with E-state index in [1.807, 2.05) is 37.3 Å². The summed E-state index contributed by atoms with van der Waals surface area (Å²) in [5.41, 5.74) is 3.16. The average Bonchev–Trinajstić information content (AvgIpc) is 2.64. The Morgan fingerprint density at radius 2 is 1.74 bits per heavy atom. The van der Waals surface area contributed by atoms with Gasteiger partial charge in [-0.3, -0.25) is 9.17 Å². The Morgan fingerprint density at radius 3 is 2.37 bits per heavy atom. The molecular weight excluding hydrogens is 366 g/mol. The first-order valence-electron chi connectivity index (χ1n) is 8.21. The molecule has 0 aliphatic rings. The number of ether oxygens (including phenoxy) is 1. The number of carbonyl (C=O) groups is 1. The summed E-state index contributed by atoms with van der Waals surface area (Å²) in [5.74, 6) is -0.465. The Hall–Kier alpha value is -2.77. The van der Waals surface area contributed by atoms with Crippen molar-refractivity contribution in [3.63, 3.8) is 0 Å². The molecule has 6 nitrogen and oxygen atoms in total. The van der Waals surface area contributed by atoms with Crippen molar-refractivity contribution in [1.29, 1.82) is 0 Å². The van der Waals surface area contributed by atoms with Crippen LogP contribution in [-0.4, -0.2) is 32.7 Å². The molecule has 3 rings (SSSR count). The summed E-state index contributed by atoms with van der Waals surface area (Å²) in [6.07, 6.45) is 0.150. The Balaban J connectivity index is 2.17. The van der Waals surface area contributed by atoms with Crippen LogP contribution < -0.4 is 0 Å². The number of esters is 1. The van der Waals surface area contributed by atoms with E-state index in [-0.39, 0.29) is 0 Å². The van der Waals surface area contributed by atoms with Gasteiger partial charge in [-0.2, -0.15) is 8.42 Å². The summed E-state index contributed by atoms with van der Waals surface area (Å²) in [4.78, 5) is 16.1. The van der Waals surface area contributed by atoms with Crippen molar-refractivity contribution in [3.05, 3.63) is 77.0 Å². The maximum absolute atomic E-state index is 11.9. The molecule has 0 fully saturated rings. The molecule has 3 aromatic rings. The maximum Gasteiger partial charge on any atom is 0.337 e. The molecule has 0 saturated carbocycles. The normalized spacial score (nSPS) is 12.7. The molecule has 0 saturated heterocycles. The zero-order valence-corrected chi connectivity index (χ0v) is 16.0. The third-order valence-corrected chi connectivity index (χ3v) is 4.61. The standard InChI is InChI=1S/C20H19NO5S/c1-13-12-17(16-6-4-5-7-18(16)21-13)19(26-27(3,23)24)14-8-10-15(11-9-14)20(22)25-2/h4-12,19H,1-3H3. The SMILES string of the molecule is COC(=O)c1ccc(C(OS(C)(=O)=O)c2cc(C)nc3ccccc23)cc1. The molecule has 27 heavy (non-hydrogen) atoms. The lowest BCUT2D eigenvalue weighted by Gasteiger charge is -2.20. The van der Waals surface area contributed by atoms with Gasteiger partial charge in [0.05, 0.1) is 24.4 Å². The van der Waals surface area contributed by atoms with Crippen LogP contribution in [0.4, 0.5) is 0 Å². The Labute approximate surface area is 157 Å². The summed E-state index contributed by atoms with van der Waals surface area (Å²) < 4.78 is 34.0. The number of carbonyl (C=O) groups excluding carboxylic acids is 1. The maximum atomic E-state index is 11.9. The monoisotopic (exact) mass is 385 g/mol. The van der Waals surface area contributed by atoms with Crippen LogP contribution in [-0.2, 0) is 19.0 Å². The van der Waals surface area contributed by atoms with Crippen LogP contribution in [0, 0.1) is 6.92 Å². The van der Waals surface area contributed by atoms with Gasteiger partial charge in [0.25, 0.3) is 10.1 Å². The molecule has 1 heterocycles. The highest BCUT2D eigenvalue weighted by Gasteiger charge is 2.23. The van der Waals surface area contributed by atoms with Crippen LogP contribution in [0.3, 0.4) is 0 Å². The van der Waals surface area contributed by atoms with Crippen LogP contribution in [0.15, 0.2) is 54.6 Å². The molecule has 0 radical (unpaired) electrons. The average molecular weight is 385 g/mol. The predicted octanol–water partition coefficient (Wildman–Crippen LogP) is 3.40. The number of pyridine rings is 1. The van der Waals surface area contributed by atoms with Gasteiger partial charge < -0.3 is 4.74 Å². The number of aryl methyl sites for hydroxylation is 1. The fourth-order valence-electron chi connectivity index (χ4n) is 2.93. The largest absolute Gasteiger partial charge is 0.465 e. The minimum atomic E-state index is -3.74. The summed E-state index contributed by atoms with van der Waals surface area (Å²) in [7, 11) is -2.44. The lowest BCUT2D eigenvalue weighted by Crippen LogP contribution is -2.13. The minimum Gasteiger partial charge on any atom is -0.465 e. The first-order chi connectivity index (χ1) is 12.8. The number of aromatic nitrogens is 1. The van der Waals surface area contributed by atoms with E-state index in [1.54, 1.807) is 24.3 Å². The van der Waals surface area contributed by atoms with Gasteiger partial charge in [0, 0.05) is 11.1 Å². The molecule has 7 heteroatoms. The van der Waals surface area contributed by atoms with Gasteiger partial charge in [-0.25, -0.2) is 4.79 Å². The number of benzene rings is 2. The van der Waals surface area contributed by atoms with Crippen LogP contribution in [0.5, 0.6) is 0 Å². The zero-order chi connectivity index (χ0) is 19.6. The second kappa shape index (κ2) is 7.46. The molecule has 0 N–H and O–H groups in total. The van der Waals surface area contributed by atoms with Crippen molar-refractivity contribution in [2.75, 3.05) is 13.4 Å². The van der Waals surface area contributed by atoms with Gasteiger partial charge in [-0.15, -0.1) is 0 Å². The first-order valence-corrected chi connectivity index (χ1v) is 10.0. The molecule has 1 aromatic heterocycles.